The van der Waals surface area contributed by atoms with Gasteiger partial charge in [0, 0.05) is 25.0 Å². The Kier molecular flexibility index (Phi) is 3.67. The Morgan fingerprint density at radius 1 is 1.35 bits per heavy atom. The number of carbonyl (C=O) groups excluding carboxylic acids is 1. The molecule has 1 aromatic heterocycles. The van der Waals surface area contributed by atoms with E-state index < -0.39 is 0 Å². The summed E-state index contributed by atoms with van der Waals surface area (Å²) >= 11 is 5.82. The summed E-state index contributed by atoms with van der Waals surface area (Å²) in [5.74, 6) is -0.223. The standard InChI is InChI=1S/C15H14ClN3O/c16-14-7-11(5-6-18-14)19-15(20)13-9-17-8-10-3-1-2-4-12(10)13/h1-7,13,17H,8-9H2,(H,18,19,20). The van der Waals surface area contributed by atoms with Gasteiger partial charge in [-0.2, -0.15) is 0 Å². The predicted octanol–water partition coefficient (Wildman–Crippen LogP) is 2.56. The lowest BCUT2D eigenvalue weighted by atomic mass is 9.90. The van der Waals surface area contributed by atoms with E-state index in [1.807, 2.05) is 24.3 Å². The highest BCUT2D eigenvalue weighted by Crippen LogP contribution is 2.25. The van der Waals surface area contributed by atoms with Gasteiger partial charge in [-0.15, -0.1) is 0 Å². The molecular formula is C15H14ClN3O. The van der Waals surface area contributed by atoms with Gasteiger partial charge >= 0.3 is 0 Å². The molecule has 1 unspecified atom stereocenters. The number of nitrogens with one attached hydrogen (secondary N) is 2. The first-order valence-electron chi connectivity index (χ1n) is 6.45. The first-order chi connectivity index (χ1) is 9.74. The highest BCUT2D eigenvalue weighted by molar-refractivity contribution is 6.29. The third kappa shape index (κ3) is 2.66. The van der Waals surface area contributed by atoms with Crippen LogP contribution in [0.2, 0.25) is 5.15 Å². The van der Waals surface area contributed by atoms with E-state index in [-0.39, 0.29) is 11.8 Å². The van der Waals surface area contributed by atoms with Gasteiger partial charge in [-0.3, -0.25) is 4.79 Å². The number of fused-ring (bicyclic) bond motifs is 1. The smallest absolute Gasteiger partial charge is 0.233 e. The summed E-state index contributed by atoms with van der Waals surface area (Å²) in [7, 11) is 0. The monoisotopic (exact) mass is 287 g/mol. The fourth-order valence-electron chi connectivity index (χ4n) is 2.44. The summed E-state index contributed by atoms with van der Waals surface area (Å²) in [5.41, 5.74) is 2.92. The van der Waals surface area contributed by atoms with Crippen molar-refractivity contribution in [2.75, 3.05) is 11.9 Å². The van der Waals surface area contributed by atoms with Crippen LogP contribution < -0.4 is 10.6 Å². The Labute approximate surface area is 122 Å². The predicted molar refractivity (Wildman–Crippen MR) is 78.8 cm³/mol. The van der Waals surface area contributed by atoms with Crippen molar-refractivity contribution in [3.05, 3.63) is 58.9 Å². The molecule has 4 nitrogen and oxygen atoms in total. The fraction of sp³-hybridized carbons (Fsp3) is 0.200. The molecule has 2 N–H and O–H groups in total. The van der Waals surface area contributed by atoms with E-state index in [0.717, 1.165) is 12.1 Å². The van der Waals surface area contributed by atoms with Crippen LogP contribution in [0, 0.1) is 0 Å². The minimum Gasteiger partial charge on any atom is -0.325 e. The SMILES string of the molecule is O=C(Nc1ccnc(Cl)c1)C1CNCc2ccccc21. The van der Waals surface area contributed by atoms with E-state index in [0.29, 0.717) is 17.4 Å². The maximum atomic E-state index is 12.4. The Balaban J connectivity index is 1.82. The lowest BCUT2D eigenvalue weighted by molar-refractivity contribution is -0.117. The summed E-state index contributed by atoms with van der Waals surface area (Å²) in [6.45, 7) is 1.45. The van der Waals surface area contributed by atoms with Crippen LogP contribution in [-0.2, 0) is 11.3 Å². The lowest BCUT2D eigenvalue weighted by Crippen LogP contribution is -2.35. The van der Waals surface area contributed by atoms with Crippen LogP contribution in [0.3, 0.4) is 0 Å². The number of hydrogen-bond acceptors (Lipinski definition) is 3. The number of amides is 1. The molecule has 0 fully saturated rings. The number of benzene rings is 1. The summed E-state index contributed by atoms with van der Waals surface area (Å²) in [5, 5.41) is 6.53. The summed E-state index contributed by atoms with van der Waals surface area (Å²) in [6.07, 6.45) is 1.57. The van der Waals surface area contributed by atoms with Crippen LogP contribution in [0.1, 0.15) is 17.0 Å². The molecule has 1 atom stereocenters. The van der Waals surface area contributed by atoms with E-state index in [2.05, 4.69) is 15.6 Å². The van der Waals surface area contributed by atoms with E-state index in [4.69, 9.17) is 11.6 Å². The molecule has 1 aliphatic heterocycles. The summed E-state index contributed by atoms with van der Waals surface area (Å²) in [4.78, 5) is 16.3. The van der Waals surface area contributed by atoms with Gasteiger partial charge in [-0.1, -0.05) is 35.9 Å². The van der Waals surface area contributed by atoms with Crippen molar-refractivity contribution < 1.29 is 4.79 Å². The second-order valence-electron chi connectivity index (χ2n) is 4.74. The zero-order valence-electron chi connectivity index (χ0n) is 10.8. The van der Waals surface area contributed by atoms with Crippen LogP contribution in [0.5, 0.6) is 0 Å². The molecule has 0 saturated carbocycles. The zero-order valence-corrected chi connectivity index (χ0v) is 11.5. The van der Waals surface area contributed by atoms with E-state index >= 15 is 0 Å². The van der Waals surface area contributed by atoms with Gasteiger partial charge in [0.2, 0.25) is 5.91 Å². The van der Waals surface area contributed by atoms with Crippen molar-refractivity contribution in [2.45, 2.75) is 12.5 Å². The molecule has 1 aromatic carbocycles. The first kappa shape index (κ1) is 13.1. The van der Waals surface area contributed by atoms with Gasteiger partial charge in [0.25, 0.3) is 0 Å². The number of rotatable bonds is 2. The zero-order chi connectivity index (χ0) is 13.9. The van der Waals surface area contributed by atoms with Gasteiger partial charge in [-0.25, -0.2) is 4.98 Å². The van der Waals surface area contributed by atoms with Crippen molar-refractivity contribution in [1.29, 1.82) is 0 Å². The fourth-order valence-corrected chi connectivity index (χ4v) is 2.61. The topological polar surface area (TPSA) is 54.0 Å². The van der Waals surface area contributed by atoms with Gasteiger partial charge in [0.1, 0.15) is 5.15 Å². The second-order valence-corrected chi connectivity index (χ2v) is 5.13. The van der Waals surface area contributed by atoms with Crippen molar-refractivity contribution in [1.82, 2.24) is 10.3 Å². The molecule has 102 valence electrons. The number of aromatic nitrogens is 1. The maximum Gasteiger partial charge on any atom is 0.233 e. The molecule has 3 rings (SSSR count). The van der Waals surface area contributed by atoms with E-state index in [1.54, 1.807) is 18.3 Å². The second kappa shape index (κ2) is 5.61. The van der Waals surface area contributed by atoms with Crippen LogP contribution in [-0.4, -0.2) is 17.4 Å². The van der Waals surface area contributed by atoms with E-state index in [1.165, 1.54) is 5.56 Å². The molecule has 2 aromatic rings. The Bertz CT molecular complexity index is 645. The molecule has 0 bridgehead atoms. The highest BCUT2D eigenvalue weighted by atomic mass is 35.5. The average molecular weight is 288 g/mol. The molecule has 5 heteroatoms. The van der Waals surface area contributed by atoms with Crippen molar-refractivity contribution in [2.24, 2.45) is 0 Å². The molecule has 1 amide bonds. The molecule has 20 heavy (non-hydrogen) atoms. The third-order valence-corrected chi connectivity index (χ3v) is 3.61. The molecular weight excluding hydrogens is 274 g/mol. The molecule has 0 aliphatic carbocycles. The van der Waals surface area contributed by atoms with Crippen molar-refractivity contribution in [3.63, 3.8) is 0 Å². The Hall–Kier alpha value is -1.91. The largest absolute Gasteiger partial charge is 0.325 e. The molecule has 0 saturated heterocycles. The maximum absolute atomic E-state index is 12.4. The minimum absolute atomic E-state index is 0.0353. The van der Waals surface area contributed by atoms with Crippen LogP contribution in [0.25, 0.3) is 0 Å². The normalized spacial score (nSPS) is 17.4. The number of hydrogen-bond donors (Lipinski definition) is 2. The Morgan fingerprint density at radius 3 is 3.05 bits per heavy atom. The highest BCUT2D eigenvalue weighted by Gasteiger charge is 2.25. The summed E-state index contributed by atoms with van der Waals surface area (Å²) < 4.78 is 0. The average Bonchev–Trinajstić information content (AvgIpc) is 2.46. The van der Waals surface area contributed by atoms with Crippen LogP contribution in [0.15, 0.2) is 42.6 Å². The number of pyridine rings is 1. The van der Waals surface area contributed by atoms with Gasteiger partial charge in [0.05, 0.1) is 5.92 Å². The number of anilines is 1. The quantitative estimate of drug-likeness (QED) is 0.835. The van der Waals surface area contributed by atoms with Crippen LogP contribution in [0.4, 0.5) is 5.69 Å². The first-order valence-corrected chi connectivity index (χ1v) is 6.83. The number of carbonyl (C=O) groups is 1. The number of nitrogens with zero attached hydrogens (tertiary/aromatic N) is 1. The summed E-state index contributed by atoms with van der Waals surface area (Å²) in [6, 6.07) is 11.4. The van der Waals surface area contributed by atoms with Crippen molar-refractivity contribution in [3.8, 4) is 0 Å². The minimum atomic E-state index is -0.188. The number of halogens is 1. The van der Waals surface area contributed by atoms with Gasteiger partial charge in [0.15, 0.2) is 0 Å². The van der Waals surface area contributed by atoms with Gasteiger partial charge in [-0.05, 0) is 23.3 Å². The molecule has 2 heterocycles. The van der Waals surface area contributed by atoms with Crippen LogP contribution >= 0.6 is 11.6 Å². The van der Waals surface area contributed by atoms with Gasteiger partial charge < -0.3 is 10.6 Å². The van der Waals surface area contributed by atoms with Crippen molar-refractivity contribution >= 4 is 23.2 Å². The third-order valence-electron chi connectivity index (χ3n) is 3.41. The Morgan fingerprint density at radius 2 is 2.20 bits per heavy atom. The molecule has 1 aliphatic rings. The molecule has 0 spiro atoms. The lowest BCUT2D eigenvalue weighted by Gasteiger charge is -2.25. The van der Waals surface area contributed by atoms with E-state index in [9.17, 15) is 4.79 Å². The molecule has 0 radical (unpaired) electrons.